The van der Waals surface area contributed by atoms with Gasteiger partial charge in [0.15, 0.2) is 5.03 Å². The van der Waals surface area contributed by atoms with Gasteiger partial charge in [0.05, 0.1) is 6.20 Å². The van der Waals surface area contributed by atoms with Crippen molar-refractivity contribution in [1.29, 1.82) is 0 Å². The molecule has 108 valence electrons. The van der Waals surface area contributed by atoms with Crippen molar-refractivity contribution < 1.29 is 8.42 Å². The van der Waals surface area contributed by atoms with Gasteiger partial charge in [-0.15, -0.1) is 0 Å². The van der Waals surface area contributed by atoms with Crippen LogP contribution in [-0.4, -0.2) is 36.0 Å². The van der Waals surface area contributed by atoms with Gasteiger partial charge in [0.1, 0.15) is 0 Å². The molecule has 3 N–H and O–H groups in total. The number of nitrogens with one attached hydrogen (secondary N) is 1. The zero-order chi connectivity index (χ0) is 14.1. The third-order valence-electron chi connectivity index (χ3n) is 4.40. The Morgan fingerprint density at radius 3 is 2.68 bits per heavy atom. The summed E-state index contributed by atoms with van der Waals surface area (Å²) in [7, 11) is -3.49. The first-order valence-corrected chi connectivity index (χ1v) is 8.15. The third kappa shape index (κ3) is 2.42. The second-order valence-corrected chi connectivity index (χ2v) is 7.10. The van der Waals surface area contributed by atoms with Crippen LogP contribution in [0.5, 0.6) is 0 Å². The molecule has 1 aromatic rings. The van der Waals surface area contributed by atoms with E-state index >= 15 is 0 Å². The van der Waals surface area contributed by atoms with Crippen molar-refractivity contribution in [3.05, 3.63) is 11.8 Å². The first kappa shape index (κ1) is 14.5. The molecular weight excluding hydrogens is 264 g/mol. The number of sulfonamides is 1. The maximum atomic E-state index is 12.6. The Hall–Kier alpha value is -0.920. The summed E-state index contributed by atoms with van der Waals surface area (Å²) in [6, 6.07) is 0. The van der Waals surface area contributed by atoms with Gasteiger partial charge in [-0.1, -0.05) is 13.8 Å². The van der Waals surface area contributed by atoms with Gasteiger partial charge in [-0.3, -0.25) is 5.10 Å². The molecule has 0 bridgehead atoms. The zero-order valence-corrected chi connectivity index (χ0v) is 12.3. The van der Waals surface area contributed by atoms with Crippen molar-refractivity contribution in [1.82, 2.24) is 14.5 Å². The van der Waals surface area contributed by atoms with E-state index in [4.69, 9.17) is 5.73 Å². The summed E-state index contributed by atoms with van der Waals surface area (Å²) in [5, 5.41) is 6.53. The maximum absolute atomic E-state index is 12.6. The van der Waals surface area contributed by atoms with Crippen LogP contribution in [0.4, 0.5) is 0 Å². The summed E-state index contributed by atoms with van der Waals surface area (Å²) in [6.45, 7) is 5.59. The van der Waals surface area contributed by atoms with Gasteiger partial charge in [-0.25, -0.2) is 8.42 Å². The summed E-state index contributed by atoms with van der Waals surface area (Å²) in [4.78, 5) is 0. The lowest BCUT2D eigenvalue weighted by atomic mass is 9.82. The van der Waals surface area contributed by atoms with E-state index in [0.29, 0.717) is 18.7 Å². The minimum Gasteiger partial charge on any atom is -0.326 e. The molecule has 0 spiro atoms. The van der Waals surface area contributed by atoms with Crippen molar-refractivity contribution in [2.75, 3.05) is 13.1 Å². The molecule has 6 nitrogen and oxygen atoms in total. The van der Waals surface area contributed by atoms with Gasteiger partial charge >= 0.3 is 0 Å². The van der Waals surface area contributed by atoms with Crippen LogP contribution in [0.15, 0.2) is 11.2 Å². The third-order valence-corrected chi connectivity index (χ3v) is 6.26. The van der Waals surface area contributed by atoms with Gasteiger partial charge in [0.2, 0.25) is 0 Å². The van der Waals surface area contributed by atoms with Crippen LogP contribution in [0.25, 0.3) is 0 Å². The minimum atomic E-state index is -3.49. The lowest BCUT2D eigenvalue weighted by molar-refractivity contribution is 0.279. The van der Waals surface area contributed by atoms with E-state index in [1.807, 2.05) is 0 Å². The van der Waals surface area contributed by atoms with Crippen molar-refractivity contribution in [2.45, 2.75) is 44.7 Å². The van der Waals surface area contributed by atoms with E-state index in [1.54, 1.807) is 4.31 Å². The fourth-order valence-corrected chi connectivity index (χ4v) is 4.39. The van der Waals surface area contributed by atoms with Gasteiger partial charge in [0.25, 0.3) is 10.0 Å². The van der Waals surface area contributed by atoms with Crippen molar-refractivity contribution in [2.24, 2.45) is 11.1 Å². The molecule has 1 aliphatic rings. The second kappa shape index (κ2) is 5.22. The Balaban J connectivity index is 2.28. The lowest BCUT2D eigenvalue weighted by Gasteiger charge is -2.26. The molecule has 2 rings (SSSR count). The lowest BCUT2D eigenvalue weighted by Crippen LogP contribution is -2.32. The number of hydrogen-bond acceptors (Lipinski definition) is 4. The highest BCUT2D eigenvalue weighted by atomic mass is 32.2. The van der Waals surface area contributed by atoms with E-state index in [2.05, 4.69) is 24.0 Å². The molecule has 0 amide bonds. The van der Waals surface area contributed by atoms with Crippen molar-refractivity contribution in [3.8, 4) is 0 Å². The molecule has 1 aromatic heterocycles. The molecule has 0 aliphatic carbocycles. The zero-order valence-electron chi connectivity index (χ0n) is 11.5. The molecule has 0 unspecified atom stereocenters. The average molecular weight is 286 g/mol. The number of nitrogens with two attached hydrogens (primary N) is 1. The Labute approximate surface area is 114 Å². The summed E-state index contributed by atoms with van der Waals surface area (Å²) < 4.78 is 26.8. The molecular formula is C12H22N4O2S. The van der Waals surface area contributed by atoms with Crippen LogP contribution < -0.4 is 5.73 Å². The Bertz CT molecular complexity index is 534. The molecule has 0 saturated carbocycles. The molecule has 1 saturated heterocycles. The summed E-state index contributed by atoms with van der Waals surface area (Å²) in [5.41, 5.74) is 6.22. The summed E-state index contributed by atoms with van der Waals surface area (Å²) in [5.74, 6) is 0. The minimum absolute atomic E-state index is 0.121. The van der Waals surface area contributed by atoms with E-state index in [0.717, 1.165) is 19.3 Å². The number of rotatable bonds is 5. The number of H-pyrrole nitrogens is 1. The molecule has 0 atom stereocenters. The number of aromatic amines is 1. The van der Waals surface area contributed by atoms with Gasteiger partial charge in [-0.2, -0.15) is 9.40 Å². The molecule has 7 heteroatoms. The maximum Gasteiger partial charge on any atom is 0.260 e. The normalized spacial score (nSPS) is 19.9. The largest absolute Gasteiger partial charge is 0.326 e. The highest BCUT2D eigenvalue weighted by Gasteiger charge is 2.41. The van der Waals surface area contributed by atoms with Gasteiger partial charge in [0, 0.05) is 25.2 Å². The van der Waals surface area contributed by atoms with Crippen LogP contribution in [0.1, 0.15) is 38.7 Å². The standard InChI is InChI=1S/C12H22N4O2S/c1-3-12(4-2)5-6-16(9-12)19(17,18)11-10(7-13)8-14-15-11/h8H,3-7,9,13H2,1-2H3,(H,14,15). The molecule has 1 fully saturated rings. The average Bonchev–Trinajstić information content (AvgIpc) is 3.06. The predicted molar refractivity (Wildman–Crippen MR) is 72.9 cm³/mol. The van der Waals surface area contributed by atoms with E-state index < -0.39 is 10.0 Å². The van der Waals surface area contributed by atoms with Crippen LogP contribution in [-0.2, 0) is 16.6 Å². The van der Waals surface area contributed by atoms with Gasteiger partial charge in [-0.05, 0) is 24.7 Å². The summed E-state index contributed by atoms with van der Waals surface area (Å²) >= 11 is 0. The Morgan fingerprint density at radius 2 is 2.16 bits per heavy atom. The molecule has 1 aliphatic heterocycles. The van der Waals surface area contributed by atoms with E-state index in [1.165, 1.54) is 6.20 Å². The second-order valence-electron chi connectivity index (χ2n) is 5.22. The number of hydrogen-bond donors (Lipinski definition) is 2. The molecule has 0 radical (unpaired) electrons. The first-order valence-electron chi connectivity index (χ1n) is 6.71. The Kier molecular flexibility index (Phi) is 3.98. The quantitative estimate of drug-likeness (QED) is 0.847. The number of aromatic nitrogens is 2. The summed E-state index contributed by atoms with van der Waals surface area (Å²) in [6.07, 6.45) is 4.41. The molecule has 2 heterocycles. The van der Waals surface area contributed by atoms with Crippen molar-refractivity contribution >= 4 is 10.0 Å². The van der Waals surface area contributed by atoms with Crippen molar-refractivity contribution in [3.63, 3.8) is 0 Å². The predicted octanol–water partition coefficient (Wildman–Crippen LogP) is 1.07. The van der Waals surface area contributed by atoms with Gasteiger partial charge < -0.3 is 5.73 Å². The first-order chi connectivity index (χ1) is 8.99. The van der Waals surface area contributed by atoms with Crippen LogP contribution in [0.3, 0.4) is 0 Å². The van der Waals surface area contributed by atoms with Crippen LogP contribution in [0.2, 0.25) is 0 Å². The smallest absolute Gasteiger partial charge is 0.260 e. The molecule has 19 heavy (non-hydrogen) atoms. The monoisotopic (exact) mass is 286 g/mol. The molecule has 0 aromatic carbocycles. The number of nitrogens with zero attached hydrogens (tertiary/aromatic N) is 2. The highest BCUT2D eigenvalue weighted by Crippen LogP contribution is 2.39. The fourth-order valence-electron chi connectivity index (χ4n) is 2.72. The van der Waals surface area contributed by atoms with E-state index in [-0.39, 0.29) is 17.0 Å². The van der Waals surface area contributed by atoms with E-state index in [9.17, 15) is 8.42 Å². The van der Waals surface area contributed by atoms with Crippen LogP contribution >= 0.6 is 0 Å². The SMILES string of the molecule is CCC1(CC)CCN(S(=O)(=O)c2[nH]ncc2CN)C1. The highest BCUT2D eigenvalue weighted by molar-refractivity contribution is 7.89. The van der Waals surface area contributed by atoms with Crippen LogP contribution in [0, 0.1) is 5.41 Å². The Morgan fingerprint density at radius 1 is 1.47 bits per heavy atom. The topological polar surface area (TPSA) is 92.1 Å². The fraction of sp³-hybridized carbons (Fsp3) is 0.750.